The van der Waals surface area contributed by atoms with Gasteiger partial charge in [0.2, 0.25) is 0 Å². The number of hydrogen-bond acceptors (Lipinski definition) is 5. The van der Waals surface area contributed by atoms with Crippen LogP contribution in [0.25, 0.3) is 11.5 Å². The molecule has 0 aliphatic heterocycles. The monoisotopic (exact) mass is 269 g/mol. The summed E-state index contributed by atoms with van der Waals surface area (Å²) in [6.07, 6.45) is 5.09. The zero-order valence-electron chi connectivity index (χ0n) is 11.1. The number of aromatic amines is 1. The molecule has 0 spiro atoms. The first kappa shape index (κ1) is 12.6. The van der Waals surface area contributed by atoms with Crippen LogP contribution in [-0.4, -0.2) is 20.2 Å². The standard InChI is InChI=1S/C14H15N5O/c1-10-2-3-13(20-10)14-11(7-18-19-14)6-16-8-12-4-5-15-9-17-12/h2-5,7,9,16H,6,8H2,1H3,(H,18,19). The van der Waals surface area contributed by atoms with E-state index >= 15 is 0 Å². The number of rotatable bonds is 5. The topological polar surface area (TPSA) is 79.6 Å². The third-order valence-electron chi connectivity index (χ3n) is 2.97. The molecular weight excluding hydrogens is 254 g/mol. The molecule has 0 aromatic carbocycles. The molecule has 0 bridgehead atoms. The highest BCUT2D eigenvalue weighted by molar-refractivity contribution is 5.56. The highest BCUT2D eigenvalue weighted by atomic mass is 16.3. The van der Waals surface area contributed by atoms with Gasteiger partial charge < -0.3 is 9.73 Å². The lowest BCUT2D eigenvalue weighted by Gasteiger charge is -2.03. The second kappa shape index (κ2) is 5.66. The molecule has 3 heterocycles. The zero-order valence-corrected chi connectivity index (χ0v) is 11.1. The third-order valence-corrected chi connectivity index (χ3v) is 2.97. The van der Waals surface area contributed by atoms with Gasteiger partial charge in [0.15, 0.2) is 5.76 Å². The summed E-state index contributed by atoms with van der Waals surface area (Å²) in [6, 6.07) is 5.77. The number of aromatic nitrogens is 4. The Morgan fingerprint density at radius 3 is 2.95 bits per heavy atom. The van der Waals surface area contributed by atoms with E-state index in [0.29, 0.717) is 13.1 Å². The minimum absolute atomic E-state index is 0.685. The largest absolute Gasteiger partial charge is 0.460 e. The lowest BCUT2D eigenvalue weighted by molar-refractivity contribution is 0.545. The molecule has 6 nitrogen and oxygen atoms in total. The van der Waals surface area contributed by atoms with E-state index in [9.17, 15) is 0 Å². The Balaban J connectivity index is 1.65. The molecule has 0 amide bonds. The van der Waals surface area contributed by atoms with Gasteiger partial charge in [0.25, 0.3) is 0 Å². The summed E-state index contributed by atoms with van der Waals surface area (Å²) in [6.45, 7) is 3.30. The van der Waals surface area contributed by atoms with E-state index in [1.54, 1.807) is 18.7 Å². The van der Waals surface area contributed by atoms with Crippen LogP contribution in [0.4, 0.5) is 0 Å². The average Bonchev–Trinajstić information content (AvgIpc) is 3.09. The quantitative estimate of drug-likeness (QED) is 0.741. The van der Waals surface area contributed by atoms with Gasteiger partial charge in [-0.1, -0.05) is 0 Å². The fourth-order valence-corrected chi connectivity index (χ4v) is 1.98. The normalized spacial score (nSPS) is 10.8. The SMILES string of the molecule is Cc1ccc(-c2[nH]ncc2CNCc2ccncn2)o1. The predicted molar refractivity (Wildman–Crippen MR) is 73.6 cm³/mol. The second-order valence-corrected chi connectivity index (χ2v) is 4.48. The van der Waals surface area contributed by atoms with Gasteiger partial charge in [-0.05, 0) is 25.1 Å². The molecule has 0 aliphatic rings. The van der Waals surface area contributed by atoms with E-state index in [4.69, 9.17) is 4.42 Å². The average molecular weight is 269 g/mol. The smallest absolute Gasteiger partial charge is 0.152 e. The maximum absolute atomic E-state index is 5.61. The van der Waals surface area contributed by atoms with Gasteiger partial charge in [0.1, 0.15) is 17.8 Å². The Kier molecular flexibility index (Phi) is 3.56. The molecule has 0 saturated heterocycles. The molecule has 3 rings (SSSR count). The fraction of sp³-hybridized carbons (Fsp3) is 0.214. The van der Waals surface area contributed by atoms with Crippen molar-refractivity contribution in [2.75, 3.05) is 0 Å². The predicted octanol–water partition coefficient (Wildman–Crippen LogP) is 2.06. The first-order valence-electron chi connectivity index (χ1n) is 6.37. The van der Waals surface area contributed by atoms with E-state index in [-0.39, 0.29) is 0 Å². The maximum atomic E-state index is 5.61. The van der Waals surface area contributed by atoms with E-state index in [1.165, 1.54) is 0 Å². The molecule has 0 unspecified atom stereocenters. The molecule has 0 atom stereocenters. The van der Waals surface area contributed by atoms with Crippen LogP contribution in [0, 0.1) is 6.92 Å². The molecule has 0 saturated carbocycles. The molecule has 3 aromatic heterocycles. The Labute approximate surface area is 116 Å². The molecule has 3 aromatic rings. The molecule has 0 fully saturated rings. The Morgan fingerprint density at radius 2 is 2.20 bits per heavy atom. The van der Waals surface area contributed by atoms with E-state index in [0.717, 1.165) is 28.5 Å². The van der Waals surface area contributed by atoms with Crippen LogP contribution in [-0.2, 0) is 13.1 Å². The summed E-state index contributed by atoms with van der Waals surface area (Å²) in [5.74, 6) is 1.69. The molecule has 0 radical (unpaired) electrons. The van der Waals surface area contributed by atoms with Crippen molar-refractivity contribution >= 4 is 0 Å². The lowest BCUT2D eigenvalue weighted by atomic mass is 10.2. The van der Waals surface area contributed by atoms with Gasteiger partial charge in [-0.15, -0.1) is 0 Å². The van der Waals surface area contributed by atoms with Gasteiger partial charge in [-0.3, -0.25) is 5.10 Å². The Bertz CT molecular complexity index is 674. The van der Waals surface area contributed by atoms with E-state index in [2.05, 4.69) is 25.5 Å². The third kappa shape index (κ3) is 2.75. The fourth-order valence-electron chi connectivity index (χ4n) is 1.98. The number of aryl methyl sites for hydroxylation is 1. The molecule has 6 heteroatoms. The minimum Gasteiger partial charge on any atom is -0.460 e. The van der Waals surface area contributed by atoms with Crippen LogP contribution in [0.1, 0.15) is 17.0 Å². The Hall–Kier alpha value is -2.47. The van der Waals surface area contributed by atoms with Crippen LogP contribution in [0.15, 0.2) is 41.3 Å². The zero-order chi connectivity index (χ0) is 13.8. The number of H-pyrrole nitrogens is 1. The summed E-state index contributed by atoms with van der Waals surface area (Å²) in [5.41, 5.74) is 2.93. The van der Waals surface area contributed by atoms with Crippen molar-refractivity contribution in [1.82, 2.24) is 25.5 Å². The van der Waals surface area contributed by atoms with Crippen LogP contribution in [0.3, 0.4) is 0 Å². The van der Waals surface area contributed by atoms with Crippen molar-refractivity contribution < 1.29 is 4.42 Å². The highest BCUT2D eigenvalue weighted by Gasteiger charge is 2.10. The number of hydrogen-bond donors (Lipinski definition) is 2. The van der Waals surface area contributed by atoms with Gasteiger partial charge in [-0.25, -0.2) is 9.97 Å². The lowest BCUT2D eigenvalue weighted by Crippen LogP contribution is -2.13. The van der Waals surface area contributed by atoms with Crippen LogP contribution in [0.5, 0.6) is 0 Å². The summed E-state index contributed by atoms with van der Waals surface area (Å²) < 4.78 is 5.61. The molecule has 0 aliphatic carbocycles. The van der Waals surface area contributed by atoms with Crippen LogP contribution >= 0.6 is 0 Å². The van der Waals surface area contributed by atoms with E-state index < -0.39 is 0 Å². The first-order chi connectivity index (χ1) is 9.83. The summed E-state index contributed by atoms with van der Waals surface area (Å²) in [4.78, 5) is 8.06. The van der Waals surface area contributed by atoms with Crippen LogP contribution < -0.4 is 5.32 Å². The molecule has 2 N–H and O–H groups in total. The Morgan fingerprint density at radius 1 is 1.25 bits per heavy atom. The van der Waals surface area contributed by atoms with Gasteiger partial charge >= 0.3 is 0 Å². The number of nitrogens with one attached hydrogen (secondary N) is 2. The van der Waals surface area contributed by atoms with Gasteiger partial charge in [-0.2, -0.15) is 5.10 Å². The number of nitrogens with zero attached hydrogens (tertiary/aromatic N) is 3. The van der Waals surface area contributed by atoms with Crippen molar-refractivity contribution in [3.05, 3.63) is 53.9 Å². The maximum Gasteiger partial charge on any atom is 0.152 e. The second-order valence-electron chi connectivity index (χ2n) is 4.48. The molecule has 20 heavy (non-hydrogen) atoms. The first-order valence-corrected chi connectivity index (χ1v) is 6.37. The highest BCUT2D eigenvalue weighted by Crippen LogP contribution is 2.23. The van der Waals surface area contributed by atoms with Crippen molar-refractivity contribution in [3.8, 4) is 11.5 Å². The van der Waals surface area contributed by atoms with Crippen molar-refractivity contribution in [1.29, 1.82) is 0 Å². The molecule has 102 valence electrons. The molecular formula is C14H15N5O. The van der Waals surface area contributed by atoms with Crippen molar-refractivity contribution in [2.45, 2.75) is 20.0 Å². The number of furan rings is 1. The van der Waals surface area contributed by atoms with Crippen molar-refractivity contribution in [2.24, 2.45) is 0 Å². The van der Waals surface area contributed by atoms with Gasteiger partial charge in [0, 0.05) is 24.8 Å². The van der Waals surface area contributed by atoms with Gasteiger partial charge in [0.05, 0.1) is 11.9 Å². The van der Waals surface area contributed by atoms with E-state index in [1.807, 2.05) is 25.1 Å². The van der Waals surface area contributed by atoms with Crippen LogP contribution in [0.2, 0.25) is 0 Å². The van der Waals surface area contributed by atoms with Crippen molar-refractivity contribution in [3.63, 3.8) is 0 Å². The summed E-state index contributed by atoms with van der Waals surface area (Å²) >= 11 is 0. The minimum atomic E-state index is 0.685. The summed E-state index contributed by atoms with van der Waals surface area (Å²) in [5, 5.41) is 10.4. The summed E-state index contributed by atoms with van der Waals surface area (Å²) in [7, 11) is 0.